The summed E-state index contributed by atoms with van der Waals surface area (Å²) in [5.74, 6) is -14.0. The smallest absolute Gasteiger partial charge is 0.339 e. The highest BCUT2D eigenvalue weighted by Crippen LogP contribution is 2.58. The molecule has 0 saturated carbocycles. The van der Waals surface area contributed by atoms with E-state index in [1.54, 1.807) is 48.6 Å². The third-order valence-electron chi connectivity index (χ3n) is 24.0. The number of aromatic carboxylic acids is 2. The molecule has 4 aliphatic rings. The maximum atomic E-state index is 13.8. The van der Waals surface area contributed by atoms with Crippen molar-refractivity contribution in [2.75, 3.05) is 60.0 Å². The van der Waals surface area contributed by atoms with Gasteiger partial charge in [0.25, 0.3) is 0 Å². The molecule has 10 aromatic rings. The van der Waals surface area contributed by atoms with Gasteiger partial charge in [-0.3, -0.25) is 28.8 Å². The second-order valence-electron chi connectivity index (χ2n) is 32.4. The van der Waals surface area contributed by atoms with Gasteiger partial charge in [0.15, 0.2) is 29.9 Å². The average molecular weight is 1870 g/mol. The quantitative estimate of drug-likeness (QED) is 0.00907. The minimum Gasteiger partial charge on any atom is -0.491 e. The number of allylic oxidation sites excluding steroid dienone is 4. The summed E-state index contributed by atoms with van der Waals surface area (Å²) in [5.41, 5.74) is 8.30. The van der Waals surface area contributed by atoms with Gasteiger partial charge in [0.1, 0.15) is 82.0 Å². The molecule has 138 heavy (non-hydrogen) atoms. The number of ketones is 2. The Hall–Kier alpha value is -16.7. The van der Waals surface area contributed by atoms with Crippen LogP contribution in [0.2, 0.25) is 0 Å². The largest absolute Gasteiger partial charge is 0.491 e. The van der Waals surface area contributed by atoms with E-state index in [4.69, 9.17) is 56.8 Å². The third-order valence-corrected chi connectivity index (χ3v) is 24.0. The van der Waals surface area contributed by atoms with Crippen molar-refractivity contribution in [2.45, 2.75) is 67.9 Å². The number of carboxylic acid groups (broad SMARTS) is 4. The highest BCUT2D eigenvalue weighted by atomic mass is 16.6. The standard InChI is InChI=1S/C63H52O18.C46H44O11/c1-4-55(65)78-34-43(80-61(74)49-15-7-6-14-48(49)58(68)69)32-76-41-24-20-39(21-25-41)63(53-16-10-8-12-46(53)47-13-9-11-17-54(47)63)40-22-26-42(27-23-40)77-33-44(35-79-56(66)5-2)81-62(75)50-29-19-38(31-52(50)60(72)73)57(67)37-18-28-45(36(3)64)51(30-37)59(70)71;1-4-42(47)55-27-34(52-3)26-53-32-22-18-30(19-23-32)46(40-16-10-8-12-36(40)37-13-9-11-17-41(37)46)31-20-24-33(25-21-31)54-28-35(29-56-43(48)5-2)57-45(51)39-15-7-6-14-38(39)44(49)50/h4-13,16-31,43-44,48-49H,1-2,14-15,32-35H2,3H3,(H,68,69)(H,70,71)(H,72,73);4-13,16-25,34-35,38-39H,1-2,14-15,26-29H2,3H3,(H,49,50). The molecular weight excluding hydrogens is 1770 g/mol. The molecule has 0 heterocycles. The highest BCUT2D eigenvalue weighted by molar-refractivity contribution is 6.14. The second-order valence-corrected chi connectivity index (χ2v) is 32.4. The third kappa shape index (κ3) is 22.4. The highest BCUT2D eigenvalue weighted by Gasteiger charge is 2.49. The molecule has 0 radical (unpaired) electrons. The molecule has 0 bridgehead atoms. The van der Waals surface area contributed by atoms with Crippen molar-refractivity contribution in [3.8, 4) is 45.3 Å². The van der Waals surface area contributed by atoms with Crippen LogP contribution >= 0.6 is 0 Å². The predicted octanol–water partition coefficient (Wildman–Crippen LogP) is 15.8. The summed E-state index contributed by atoms with van der Waals surface area (Å²) in [6.07, 6.45) is 7.77. The van der Waals surface area contributed by atoms with Gasteiger partial charge >= 0.3 is 65.7 Å². The number of benzene rings is 10. The molecule has 4 aliphatic carbocycles. The van der Waals surface area contributed by atoms with E-state index in [0.29, 0.717) is 23.0 Å². The number of rotatable bonds is 42. The molecule has 29 nitrogen and oxygen atoms in total. The number of hydrogen-bond acceptors (Lipinski definition) is 25. The zero-order chi connectivity index (χ0) is 98.3. The zero-order valence-corrected chi connectivity index (χ0v) is 75.0. The van der Waals surface area contributed by atoms with E-state index in [0.717, 1.165) is 115 Å². The summed E-state index contributed by atoms with van der Waals surface area (Å²) in [6, 6.07) is 69.2. The van der Waals surface area contributed by atoms with Gasteiger partial charge in [0.2, 0.25) is 0 Å². The Kier molecular flexibility index (Phi) is 32.5. The summed E-state index contributed by atoms with van der Waals surface area (Å²) in [7, 11) is 1.52. The molecule has 0 spiro atoms. The number of fused-ring (bicyclic) bond motifs is 6. The first kappa shape index (κ1) is 98.8. The van der Waals surface area contributed by atoms with Gasteiger partial charge in [0.05, 0.1) is 51.2 Å². The predicted molar refractivity (Wildman–Crippen MR) is 500 cm³/mol. The number of carbonyl (C=O) groups is 13. The van der Waals surface area contributed by atoms with Crippen LogP contribution in [0, 0.1) is 23.7 Å². The second kappa shape index (κ2) is 45.4. The molecule has 0 amide bonds. The van der Waals surface area contributed by atoms with E-state index in [1.165, 1.54) is 26.2 Å². The Bertz CT molecular complexity index is 6290. The van der Waals surface area contributed by atoms with Gasteiger partial charge in [-0.1, -0.05) is 208 Å². The maximum absolute atomic E-state index is 13.8. The number of carboxylic acids is 4. The molecule has 14 rings (SSSR count). The normalized spacial score (nSPS) is 16.0. The number of hydrogen-bond donors (Lipinski definition) is 4. The van der Waals surface area contributed by atoms with Crippen LogP contribution in [0.1, 0.15) is 134 Å². The molecule has 0 saturated heterocycles. The van der Waals surface area contributed by atoms with Crippen LogP contribution in [0.25, 0.3) is 22.3 Å². The van der Waals surface area contributed by atoms with E-state index >= 15 is 0 Å². The Balaban J connectivity index is 0.000000247. The molecule has 8 atom stereocenters. The number of methoxy groups -OCH3 is 1. The van der Waals surface area contributed by atoms with Crippen molar-refractivity contribution >= 4 is 77.2 Å². The number of esters is 7. The lowest BCUT2D eigenvalue weighted by Crippen LogP contribution is -2.37. The van der Waals surface area contributed by atoms with Crippen molar-refractivity contribution in [3.05, 3.63) is 383 Å². The summed E-state index contributed by atoms with van der Waals surface area (Å²) in [4.78, 5) is 162. The van der Waals surface area contributed by atoms with Gasteiger partial charge in [-0.05, 0) is 172 Å². The lowest BCUT2D eigenvalue weighted by atomic mass is 9.68. The monoisotopic (exact) mass is 1870 g/mol. The van der Waals surface area contributed by atoms with E-state index in [2.05, 4.69) is 50.6 Å². The zero-order valence-electron chi connectivity index (χ0n) is 75.0. The molecule has 10 aromatic carbocycles. The Morgan fingerprint density at radius 2 is 0.609 bits per heavy atom. The number of ether oxygens (including phenoxy) is 12. The Morgan fingerprint density at radius 1 is 0.333 bits per heavy atom. The van der Waals surface area contributed by atoms with Gasteiger partial charge in [-0.2, -0.15) is 0 Å². The Morgan fingerprint density at radius 3 is 0.899 bits per heavy atom. The summed E-state index contributed by atoms with van der Waals surface area (Å²) in [5, 5.41) is 39.3. The van der Waals surface area contributed by atoms with Crippen LogP contribution in [-0.4, -0.2) is 182 Å². The van der Waals surface area contributed by atoms with Crippen LogP contribution < -0.4 is 18.9 Å². The van der Waals surface area contributed by atoms with Crippen LogP contribution in [-0.2, 0) is 87.1 Å². The number of Topliss-reactive ketones (excluding diaryl/α,β-unsaturated/α-hetero) is 1. The fraction of sp³-hybridized carbons (Fsp3) is 0.220. The van der Waals surface area contributed by atoms with Gasteiger partial charge < -0.3 is 77.3 Å². The number of aliphatic carboxylic acids is 2. The molecule has 4 N–H and O–H groups in total. The van der Waals surface area contributed by atoms with Crippen LogP contribution in [0.4, 0.5) is 0 Å². The average Bonchev–Trinajstić information content (AvgIpc) is 1.54. The Labute approximate surface area is 792 Å². The van der Waals surface area contributed by atoms with Crippen molar-refractivity contribution < 1.29 is 140 Å². The number of carbonyl (C=O) groups excluding carboxylic acids is 9. The topological polar surface area (TPSA) is 414 Å². The van der Waals surface area contributed by atoms with Crippen molar-refractivity contribution in [2.24, 2.45) is 23.7 Å². The molecular formula is C109H96O29. The SMILES string of the molecule is C=CC(=O)OCC(COc1ccc(C2(c3ccc(OCC(COC(=O)C=C)OC(=O)C4CC=CCC4C(=O)O)cc3)c3ccccc3-c3ccccc32)cc1)OC.C=CC(=O)OCC(COc1ccc(C2(c3ccc(OCC(COC(=O)C=C)OC(=O)C4CC=CCC4C(=O)O)cc3)c3ccccc3-c3ccccc32)cc1)OC(=O)c1ccc(C(=O)c2ccc(C(C)=O)c(C(=O)O)c2)cc1C(=O)O. The molecule has 0 aromatic heterocycles. The molecule has 29 heteroatoms. The van der Waals surface area contributed by atoms with E-state index in [9.17, 15) is 82.8 Å². The van der Waals surface area contributed by atoms with E-state index < -0.39 is 166 Å². The van der Waals surface area contributed by atoms with Crippen LogP contribution in [0.5, 0.6) is 23.0 Å². The fourth-order valence-corrected chi connectivity index (χ4v) is 17.3. The van der Waals surface area contributed by atoms with E-state index in [-0.39, 0.29) is 82.0 Å². The first-order valence-electron chi connectivity index (χ1n) is 43.8. The van der Waals surface area contributed by atoms with Crippen LogP contribution in [0.15, 0.2) is 305 Å². The van der Waals surface area contributed by atoms with Gasteiger partial charge in [0, 0.05) is 48.1 Å². The summed E-state index contributed by atoms with van der Waals surface area (Å²) < 4.78 is 67.7. The first-order valence-corrected chi connectivity index (χ1v) is 43.8. The van der Waals surface area contributed by atoms with Gasteiger partial charge in [-0.25, -0.2) is 33.6 Å². The molecule has 0 aliphatic heterocycles. The molecule has 8 unspecified atom stereocenters. The summed E-state index contributed by atoms with van der Waals surface area (Å²) >= 11 is 0. The van der Waals surface area contributed by atoms with Gasteiger partial charge in [-0.15, -0.1) is 0 Å². The first-order chi connectivity index (χ1) is 66.6. The van der Waals surface area contributed by atoms with E-state index in [1.807, 2.05) is 146 Å². The minimum atomic E-state index is -1.60. The van der Waals surface area contributed by atoms with Crippen molar-refractivity contribution in [1.29, 1.82) is 0 Å². The van der Waals surface area contributed by atoms with Crippen molar-refractivity contribution in [3.63, 3.8) is 0 Å². The minimum absolute atomic E-state index is 0.0237. The maximum Gasteiger partial charge on any atom is 0.339 e. The summed E-state index contributed by atoms with van der Waals surface area (Å²) in [6.45, 7) is 13.0. The lowest BCUT2D eigenvalue weighted by Gasteiger charge is -2.34. The molecule has 0 fully saturated rings. The van der Waals surface area contributed by atoms with Crippen molar-refractivity contribution in [1.82, 2.24) is 0 Å². The molecule has 706 valence electrons. The lowest BCUT2D eigenvalue weighted by molar-refractivity contribution is -0.167. The van der Waals surface area contributed by atoms with Crippen LogP contribution in [0.3, 0.4) is 0 Å². The fourth-order valence-electron chi connectivity index (χ4n) is 17.3.